The summed E-state index contributed by atoms with van der Waals surface area (Å²) in [6.07, 6.45) is 1.44. The largest absolute Gasteiger partial charge is 0.483 e. The molecule has 3 rings (SSSR count). The predicted octanol–water partition coefficient (Wildman–Crippen LogP) is 4.89. The summed E-state index contributed by atoms with van der Waals surface area (Å²) in [6, 6.07) is 23.4. The average Bonchev–Trinajstić information content (AvgIpc) is 2.83. The van der Waals surface area contributed by atoms with Crippen LogP contribution in [0.3, 0.4) is 0 Å². The fourth-order valence-electron chi connectivity index (χ4n) is 2.92. The van der Waals surface area contributed by atoms with E-state index in [1.807, 2.05) is 49.4 Å². The summed E-state index contributed by atoms with van der Waals surface area (Å²) < 4.78 is 5.65. The first-order chi connectivity index (χ1) is 16.0. The van der Waals surface area contributed by atoms with Crippen molar-refractivity contribution in [3.63, 3.8) is 0 Å². The highest BCUT2D eigenvalue weighted by Crippen LogP contribution is 2.22. The zero-order chi connectivity index (χ0) is 23.6. The average molecular weight is 460 g/mol. The van der Waals surface area contributed by atoms with E-state index in [1.54, 1.807) is 36.4 Å². The van der Waals surface area contributed by atoms with Gasteiger partial charge in [0.2, 0.25) is 0 Å². The lowest BCUT2D eigenvalue weighted by Crippen LogP contribution is -2.24. The molecule has 7 heteroatoms. The highest BCUT2D eigenvalue weighted by Gasteiger charge is 2.12. The number of carbonyl (C=O) groups is 2. The second kappa shape index (κ2) is 11.5. The third-order valence-corrected chi connectivity index (χ3v) is 5.10. The molecule has 0 saturated carbocycles. The molecular weight excluding hydrogens is 438 g/mol. The summed E-state index contributed by atoms with van der Waals surface area (Å²) in [6.45, 7) is 1.93. The topological polar surface area (TPSA) is 91.2 Å². The molecule has 0 radical (unpaired) electrons. The molecule has 2 amide bonds. The molecule has 0 aliphatic heterocycles. The maximum Gasteiger partial charge on any atom is 0.262 e. The van der Waals surface area contributed by atoms with Gasteiger partial charge in [-0.15, -0.1) is 0 Å². The second-order valence-electron chi connectivity index (χ2n) is 7.18. The summed E-state index contributed by atoms with van der Waals surface area (Å²) >= 11 is 6.09. The van der Waals surface area contributed by atoms with Crippen molar-refractivity contribution in [1.29, 1.82) is 5.26 Å². The molecule has 3 aromatic rings. The third-order valence-electron chi connectivity index (χ3n) is 4.69. The van der Waals surface area contributed by atoms with Crippen LogP contribution in [0.25, 0.3) is 6.08 Å². The molecule has 3 aromatic carbocycles. The molecule has 6 nitrogen and oxygen atoms in total. The molecule has 166 valence electrons. The summed E-state index contributed by atoms with van der Waals surface area (Å²) in [5, 5.41) is 15.5. The smallest absolute Gasteiger partial charge is 0.262 e. The molecule has 0 aromatic heterocycles. The molecule has 0 bridgehead atoms. The monoisotopic (exact) mass is 459 g/mol. The van der Waals surface area contributed by atoms with Crippen LogP contribution in [0.15, 0.2) is 78.4 Å². The van der Waals surface area contributed by atoms with Gasteiger partial charge in [-0.25, -0.2) is 0 Å². The van der Waals surface area contributed by atoms with Gasteiger partial charge in [-0.3, -0.25) is 9.59 Å². The lowest BCUT2D eigenvalue weighted by molar-refractivity contribution is -0.118. The Bertz CT molecular complexity index is 1220. The SMILES string of the molecule is Cc1ccc(NC(=O)COc2ccccc2/C=C(\C#N)C(=O)NCc2ccccc2)cc1Cl. The number of carbonyl (C=O) groups excluding carboxylic acids is 2. The van der Waals surface area contributed by atoms with E-state index >= 15 is 0 Å². The van der Waals surface area contributed by atoms with Gasteiger partial charge in [0.1, 0.15) is 17.4 Å². The van der Waals surface area contributed by atoms with Crippen LogP contribution < -0.4 is 15.4 Å². The van der Waals surface area contributed by atoms with E-state index in [9.17, 15) is 14.9 Å². The van der Waals surface area contributed by atoms with E-state index < -0.39 is 5.91 Å². The lowest BCUT2D eigenvalue weighted by atomic mass is 10.1. The van der Waals surface area contributed by atoms with Gasteiger partial charge in [0.25, 0.3) is 11.8 Å². The molecule has 0 aliphatic carbocycles. The number of hydrogen-bond donors (Lipinski definition) is 2. The van der Waals surface area contributed by atoms with Crippen LogP contribution in [-0.2, 0) is 16.1 Å². The summed E-state index contributed by atoms with van der Waals surface area (Å²) in [5.41, 5.74) is 2.84. The van der Waals surface area contributed by atoms with Gasteiger partial charge in [-0.2, -0.15) is 5.26 Å². The van der Waals surface area contributed by atoms with Gasteiger partial charge in [-0.1, -0.05) is 66.2 Å². The van der Waals surface area contributed by atoms with Crippen molar-refractivity contribution in [1.82, 2.24) is 5.32 Å². The van der Waals surface area contributed by atoms with Gasteiger partial charge >= 0.3 is 0 Å². The number of para-hydroxylation sites is 1. The minimum atomic E-state index is -0.495. The zero-order valence-electron chi connectivity index (χ0n) is 18.0. The number of nitrogens with zero attached hydrogens (tertiary/aromatic N) is 1. The van der Waals surface area contributed by atoms with Crippen molar-refractivity contribution in [2.75, 3.05) is 11.9 Å². The number of ether oxygens (including phenoxy) is 1. The van der Waals surface area contributed by atoms with Crippen molar-refractivity contribution in [2.45, 2.75) is 13.5 Å². The second-order valence-corrected chi connectivity index (χ2v) is 7.58. The Balaban J connectivity index is 1.64. The molecule has 2 N–H and O–H groups in total. The van der Waals surface area contributed by atoms with E-state index in [0.29, 0.717) is 28.6 Å². The number of nitrogens with one attached hydrogen (secondary N) is 2. The van der Waals surface area contributed by atoms with Gasteiger partial charge in [0.05, 0.1) is 0 Å². The number of rotatable bonds is 8. The Hall–Kier alpha value is -4.08. The zero-order valence-corrected chi connectivity index (χ0v) is 18.7. The molecule has 0 spiro atoms. The molecule has 33 heavy (non-hydrogen) atoms. The highest BCUT2D eigenvalue weighted by molar-refractivity contribution is 6.31. The first-order valence-corrected chi connectivity index (χ1v) is 10.6. The predicted molar refractivity (Wildman–Crippen MR) is 129 cm³/mol. The van der Waals surface area contributed by atoms with E-state index in [2.05, 4.69) is 10.6 Å². The number of hydrogen-bond acceptors (Lipinski definition) is 4. The summed E-state index contributed by atoms with van der Waals surface area (Å²) in [4.78, 5) is 24.8. The fourth-order valence-corrected chi connectivity index (χ4v) is 3.10. The normalized spacial score (nSPS) is 10.8. The first kappa shape index (κ1) is 23.6. The number of amides is 2. The minimum Gasteiger partial charge on any atom is -0.483 e. The van der Waals surface area contributed by atoms with Crippen LogP contribution in [0, 0.1) is 18.3 Å². The molecule has 0 unspecified atom stereocenters. The summed E-state index contributed by atoms with van der Waals surface area (Å²) in [7, 11) is 0. The number of benzene rings is 3. The number of aryl methyl sites for hydroxylation is 1. The van der Waals surface area contributed by atoms with Crippen molar-refractivity contribution >= 4 is 35.2 Å². The molecule has 0 heterocycles. The Morgan fingerprint density at radius 2 is 1.79 bits per heavy atom. The van der Waals surface area contributed by atoms with E-state index in [1.165, 1.54) is 6.08 Å². The van der Waals surface area contributed by atoms with Crippen molar-refractivity contribution < 1.29 is 14.3 Å². The van der Waals surface area contributed by atoms with Crippen LogP contribution in [0.4, 0.5) is 5.69 Å². The standard InChI is InChI=1S/C26H22ClN3O3/c1-18-11-12-22(14-23(18)27)30-25(31)17-33-24-10-6-5-9-20(24)13-21(15-28)26(32)29-16-19-7-3-2-4-8-19/h2-14H,16-17H2,1H3,(H,29,32)(H,30,31)/b21-13+. The van der Waals surface area contributed by atoms with Crippen LogP contribution >= 0.6 is 11.6 Å². The van der Waals surface area contributed by atoms with Crippen molar-refractivity contribution in [3.05, 3.63) is 100 Å². The quantitative estimate of drug-likeness (QED) is 0.370. The fraction of sp³-hybridized carbons (Fsp3) is 0.115. The molecular formula is C26H22ClN3O3. The summed E-state index contributed by atoms with van der Waals surface area (Å²) in [5.74, 6) is -0.488. The molecule has 0 saturated heterocycles. The highest BCUT2D eigenvalue weighted by atomic mass is 35.5. The number of anilines is 1. The Morgan fingerprint density at radius 3 is 2.52 bits per heavy atom. The van der Waals surface area contributed by atoms with Gasteiger partial charge in [0.15, 0.2) is 6.61 Å². The Morgan fingerprint density at radius 1 is 1.06 bits per heavy atom. The Labute approximate surface area is 197 Å². The van der Waals surface area contributed by atoms with Gasteiger partial charge < -0.3 is 15.4 Å². The maximum absolute atomic E-state index is 12.5. The van der Waals surface area contributed by atoms with Crippen molar-refractivity contribution in [2.24, 2.45) is 0 Å². The van der Waals surface area contributed by atoms with Crippen LogP contribution in [0.2, 0.25) is 5.02 Å². The van der Waals surface area contributed by atoms with E-state index in [0.717, 1.165) is 11.1 Å². The molecule has 0 fully saturated rings. The van der Waals surface area contributed by atoms with Crippen LogP contribution in [-0.4, -0.2) is 18.4 Å². The number of nitriles is 1. The van der Waals surface area contributed by atoms with Crippen LogP contribution in [0.5, 0.6) is 5.75 Å². The maximum atomic E-state index is 12.5. The lowest BCUT2D eigenvalue weighted by Gasteiger charge is -2.11. The number of halogens is 1. The molecule has 0 aliphatic rings. The van der Waals surface area contributed by atoms with Crippen LogP contribution in [0.1, 0.15) is 16.7 Å². The van der Waals surface area contributed by atoms with E-state index in [4.69, 9.17) is 16.3 Å². The molecule has 0 atom stereocenters. The van der Waals surface area contributed by atoms with E-state index in [-0.39, 0.29) is 18.1 Å². The van der Waals surface area contributed by atoms with Gasteiger partial charge in [-0.05, 0) is 42.3 Å². The Kier molecular flexibility index (Phi) is 8.23. The minimum absolute atomic E-state index is 0.0688. The first-order valence-electron chi connectivity index (χ1n) is 10.2. The van der Waals surface area contributed by atoms with Crippen molar-refractivity contribution in [3.8, 4) is 11.8 Å². The third kappa shape index (κ3) is 6.96. The van der Waals surface area contributed by atoms with Gasteiger partial charge in [0, 0.05) is 22.8 Å².